The first-order chi connectivity index (χ1) is 17.0. The molecule has 9 heteroatoms. The Balaban J connectivity index is 1.43. The van der Waals surface area contributed by atoms with Gasteiger partial charge in [-0.05, 0) is 29.0 Å². The van der Waals surface area contributed by atoms with E-state index in [4.69, 9.17) is 16.3 Å². The van der Waals surface area contributed by atoms with Crippen molar-refractivity contribution in [2.45, 2.75) is 4.90 Å². The van der Waals surface area contributed by atoms with Gasteiger partial charge in [0.25, 0.3) is 5.91 Å². The molecule has 4 aromatic rings. The van der Waals surface area contributed by atoms with Crippen molar-refractivity contribution < 1.29 is 17.9 Å². The first kappa shape index (κ1) is 23.4. The van der Waals surface area contributed by atoms with Crippen LogP contribution in [0.2, 0.25) is 5.02 Å². The molecule has 35 heavy (non-hydrogen) atoms. The summed E-state index contributed by atoms with van der Waals surface area (Å²) in [4.78, 5) is 12.9. The third-order valence-electron chi connectivity index (χ3n) is 5.97. The van der Waals surface area contributed by atoms with Gasteiger partial charge in [0.15, 0.2) is 0 Å². The highest BCUT2D eigenvalue weighted by Gasteiger charge is 2.26. The van der Waals surface area contributed by atoms with E-state index in [1.807, 2.05) is 48.5 Å². The maximum atomic E-state index is 12.9. The Morgan fingerprint density at radius 3 is 2.14 bits per heavy atom. The molecule has 1 aliphatic heterocycles. The Hall–Kier alpha value is -3.30. The summed E-state index contributed by atoms with van der Waals surface area (Å²) in [6, 6.07) is 21.4. The quantitative estimate of drug-likeness (QED) is 0.246. The molecule has 1 aliphatic rings. The predicted molar refractivity (Wildman–Crippen MR) is 138 cm³/mol. The van der Waals surface area contributed by atoms with Crippen LogP contribution in [0.4, 0.5) is 0 Å². The standard InChI is InChI=1S/C26H22ClN3O4S/c27-25-22-10-3-1-8-20(22)24(21-9-2-4-11-23(21)25)17-28-29-26(31)18-6-5-7-19(16-18)35(32,33)30-12-14-34-15-13-30/h1-11,16-17H,12-15H2,(H,29,31)/b28-17+. The molecule has 7 nitrogen and oxygen atoms in total. The molecule has 0 aliphatic carbocycles. The van der Waals surface area contributed by atoms with Crippen LogP contribution in [0.3, 0.4) is 0 Å². The molecule has 4 aromatic carbocycles. The lowest BCUT2D eigenvalue weighted by Crippen LogP contribution is -2.40. The molecule has 0 spiro atoms. The number of morpholine rings is 1. The Labute approximate surface area is 208 Å². The van der Waals surface area contributed by atoms with E-state index in [0.717, 1.165) is 27.1 Å². The van der Waals surface area contributed by atoms with Crippen LogP contribution in [0.25, 0.3) is 21.5 Å². The summed E-state index contributed by atoms with van der Waals surface area (Å²) < 4.78 is 32.5. The number of fused-ring (bicyclic) bond motifs is 2. The second-order valence-electron chi connectivity index (χ2n) is 8.06. The number of amides is 1. The smallest absolute Gasteiger partial charge is 0.271 e. The topological polar surface area (TPSA) is 88.1 Å². The fraction of sp³-hybridized carbons (Fsp3) is 0.154. The first-order valence-corrected chi connectivity index (χ1v) is 12.9. The summed E-state index contributed by atoms with van der Waals surface area (Å²) in [5.41, 5.74) is 3.54. The third kappa shape index (κ3) is 4.53. The number of carbonyl (C=O) groups excluding carboxylic acids is 1. The zero-order valence-electron chi connectivity index (χ0n) is 18.6. The van der Waals surface area contributed by atoms with Crippen LogP contribution in [0.1, 0.15) is 15.9 Å². The number of sulfonamides is 1. The fourth-order valence-corrected chi connectivity index (χ4v) is 5.99. The number of hydrogen-bond acceptors (Lipinski definition) is 5. The average Bonchev–Trinajstić information content (AvgIpc) is 2.91. The number of halogens is 1. The minimum Gasteiger partial charge on any atom is -0.379 e. The van der Waals surface area contributed by atoms with Crippen molar-refractivity contribution in [2.24, 2.45) is 5.10 Å². The van der Waals surface area contributed by atoms with E-state index < -0.39 is 15.9 Å². The number of nitrogens with one attached hydrogen (secondary N) is 1. The lowest BCUT2D eigenvalue weighted by molar-refractivity contribution is 0.0730. The number of ether oxygens (including phenoxy) is 1. The number of carbonyl (C=O) groups is 1. The highest BCUT2D eigenvalue weighted by Crippen LogP contribution is 2.35. The molecule has 1 heterocycles. The van der Waals surface area contributed by atoms with Gasteiger partial charge in [-0.2, -0.15) is 9.41 Å². The lowest BCUT2D eigenvalue weighted by Gasteiger charge is -2.26. The van der Waals surface area contributed by atoms with Crippen LogP contribution in [-0.4, -0.2) is 51.1 Å². The molecule has 0 bridgehead atoms. The number of benzene rings is 4. The van der Waals surface area contributed by atoms with Gasteiger partial charge < -0.3 is 4.74 Å². The minimum absolute atomic E-state index is 0.0609. The van der Waals surface area contributed by atoms with Crippen LogP contribution in [0.5, 0.6) is 0 Å². The maximum absolute atomic E-state index is 12.9. The first-order valence-electron chi connectivity index (χ1n) is 11.1. The van der Waals surface area contributed by atoms with E-state index in [2.05, 4.69) is 10.5 Å². The molecule has 0 aromatic heterocycles. The molecule has 1 amide bonds. The van der Waals surface area contributed by atoms with Gasteiger partial charge in [-0.25, -0.2) is 13.8 Å². The Morgan fingerprint density at radius 1 is 0.914 bits per heavy atom. The van der Waals surface area contributed by atoms with E-state index in [1.54, 1.807) is 18.3 Å². The van der Waals surface area contributed by atoms with E-state index in [1.165, 1.54) is 16.4 Å². The largest absolute Gasteiger partial charge is 0.379 e. The van der Waals surface area contributed by atoms with Crippen molar-refractivity contribution in [2.75, 3.05) is 26.3 Å². The highest BCUT2D eigenvalue weighted by molar-refractivity contribution is 7.89. The number of rotatable bonds is 5. The van der Waals surface area contributed by atoms with Crippen molar-refractivity contribution in [1.29, 1.82) is 0 Å². The fourth-order valence-electron chi connectivity index (χ4n) is 4.20. The number of nitrogens with zero attached hydrogens (tertiary/aromatic N) is 2. The van der Waals surface area contributed by atoms with Crippen molar-refractivity contribution in [3.63, 3.8) is 0 Å². The van der Waals surface area contributed by atoms with Gasteiger partial charge in [0.05, 0.1) is 29.3 Å². The monoisotopic (exact) mass is 507 g/mol. The van der Waals surface area contributed by atoms with E-state index in [0.29, 0.717) is 18.2 Å². The van der Waals surface area contributed by atoms with Gasteiger partial charge in [-0.1, -0.05) is 66.2 Å². The number of hydrogen-bond donors (Lipinski definition) is 1. The Bertz CT molecular complexity index is 1510. The molecule has 1 fully saturated rings. The summed E-state index contributed by atoms with van der Waals surface area (Å²) in [6.07, 6.45) is 1.59. The van der Waals surface area contributed by atoms with Gasteiger partial charge in [0.2, 0.25) is 10.0 Å². The molecule has 0 atom stereocenters. The summed E-state index contributed by atoms with van der Waals surface area (Å²) >= 11 is 6.64. The SMILES string of the molecule is O=C(N/N=C/c1c2ccccc2c(Cl)c2ccccc12)c1cccc(S(=O)(=O)N2CCOCC2)c1. The zero-order chi connectivity index (χ0) is 24.4. The third-order valence-corrected chi connectivity index (χ3v) is 8.27. The Morgan fingerprint density at radius 2 is 1.51 bits per heavy atom. The summed E-state index contributed by atoms with van der Waals surface area (Å²) in [6.45, 7) is 1.27. The lowest BCUT2D eigenvalue weighted by atomic mass is 9.97. The van der Waals surface area contributed by atoms with Crippen molar-refractivity contribution in [3.05, 3.63) is 88.9 Å². The van der Waals surface area contributed by atoms with Crippen molar-refractivity contribution in [3.8, 4) is 0 Å². The summed E-state index contributed by atoms with van der Waals surface area (Å²) in [5.74, 6) is -0.511. The summed E-state index contributed by atoms with van der Waals surface area (Å²) in [7, 11) is -3.71. The molecule has 178 valence electrons. The molecular weight excluding hydrogens is 486 g/mol. The summed E-state index contributed by atoms with van der Waals surface area (Å²) in [5, 5.41) is 8.45. The van der Waals surface area contributed by atoms with Gasteiger partial charge in [0, 0.05) is 35.0 Å². The molecule has 0 radical (unpaired) electrons. The maximum Gasteiger partial charge on any atom is 0.271 e. The van der Waals surface area contributed by atoms with E-state index >= 15 is 0 Å². The van der Waals surface area contributed by atoms with Crippen LogP contribution < -0.4 is 5.43 Å². The predicted octanol–water partition coefficient (Wildman–Crippen LogP) is 4.43. The van der Waals surface area contributed by atoms with Crippen LogP contribution >= 0.6 is 11.6 Å². The van der Waals surface area contributed by atoms with Crippen molar-refractivity contribution >= 4 is 55.3 Å². The highest BCUT2D eigenvalue weighted by atomic mass is 35.5. The van der Waals surface area contributed by atoms with E-state index in [-0.39, 0.29) is 23.5 Å². The second-order valence-corrected chi connectivity index (χ2v) is 10.4. The number of hydrazone groups is 1. The minimum atomic E-state index is -3.71. The van der Waals surface area contributed by atoms with Crippen molar-refractivity contribution in [1.82, 2.24) is 9.73 Å². The molecular formula is C26H22ClN3O4S. The molecule has 1 saturated heterocycles. The second kappa shape index (κ2) is 9.75. The molecule has 1 N–H and O–H groups in total. The van der Waals surface area contributed by atoms with Gasteiger partial charge in [0.1, 0.15) is 0 Å². The average molecular weight is 508 g/mol. The normalized spacial score (nSPS) is 15.1. The van der Waals surface area contributed by atoms with Crippen LogP contribution in [-0.2, 0) is 14.8 Å². The molecule has 0 saturated carbocycles. The van der Waals surface area contributed by atoms with Crippen LogP contribution in [0.15, 0.2) is 82.8 Å². The van der Waals surface area contributed by atoms with Crippen LogP contribution in [0, 0.1) is 0 Å². The molecule has 5 rings (SSSR count). The van der Waals surface area contributed by atoms with Gasteiger partial charge >= 0.3 is 0 Å². The van der Waals surface area contributed by atoms with E-state index in [9.17, 15) is 13.2 Å². The van der Waals surface area contributed by atoms with Gasteiger partial charge in [-0.15, -0.1) is 0 Å². The molecule has 0 unspecified atom stereocenters. The Kier molecular flexibility index (Phi) is 6.53. The van der Waals surface area contributed by atoms with Gasteiger partial charge in [-0.3, -0.25) is 4.79 Å². The zero-order valence-corrected chi connectivity index (χ0v) is 20.2.